The molecule has 1 aromatic heterocycles. The van der Waals surface area contributed by atoms with Crippen LogP contribution in [0.3, 0.4) is 0 Å². The summed E-state index contributed by atoms with van der Waals surface area (Å²) < 4.78 is 13.8. The van der Waals surface area contributed by atoms with Crippen LogP contribution in [0.25, 0.3) is 0 Å². The maximum Gasteiger partial charge on any atom is 0.338 e. The maximum absolute atomic E-state index is 13.8. The minimum absolute atomic E-state index is 0.183. The van der Waals surface area contributed by atoms with E-state index in [9.17, 15) is 14.0 Å². The molecule has 0 aliphatic heterocycles. The molecule has 0 bridgehead atoms. The zero-order valence-electron chi connectivity index (χ0n) is 9.98. The molecule has 18 heavy (non-hydrogen) atoms. The number of carboxylic acids is 1. The van der Waals surface area contributed by atoms with Crippen LogP contribution in [0, 0.1) is 11.7 Å². The van der Waals surface area contributed by atoms with Gasteiger partial charge in [0.2, 0.25) is 5.91 Å². The van der Waals surface area contributed by atoms with Crippen molar-refractivity contribution in [2.24, 2.45) is 11.7 Å². The number of carbonyl (C=O) groups is 2. The Hall–Kier alpha value is -2.18. The number of hydrogen-bond acceptors (Lipinski definition) is 4. The Balaban J connectivity index is 3.07. The number of carboxylic acid groups (broad SMARTS) is 1. The monoisotopic (exact) mass is 255 g/mol. The van der Waals surface area contributed by atoms with Crippen molar-refractivity contribution in [1.29, 1.82) is 0 Å². The summed E-state index contributed by atoms with van der Waals surface area (Å²) in [7, 11) is 0. The quantitative estimate of drug-likeness (QED) is 0.723. The number of halogens is 1. The Kier molecular flexibility index (Phi) is 4.19. The Morgan fingerprint density at radius 2 is 2.11 bits per heavy atom. The van der Waals surface area contributed by atoms with E-state index in [1.807, 2.05) is 0 Å². The number of pyridine rings is 1. The number of amides is 1. The molecule has 0 aliphatic rings. The first-order valence-electron chi connectivity index (χ1n) is 5.28. The predicted molar refractivity (Wildman–Crippen MR) is 62.6 cm³/mol. The van der Waals surface area contributed by atoms with Gasteiger partial charge < -0.3 is 16.2 Å². The number of primary amides is 1. The number of rotatable bonds is 5. The summed E-state index contributed by atoms with van der Waals surface area (Å²) in [6, 6.07) is 0.216. The van der Waals surface area contributed by atoms with Crippen molar-refractivity contribution in [1.82, 2.24) is 4.98 Å². The number of anilines is 1. The van der Waals surface area contributed by atoms with Gasteiger partial charge in [-0.05, 0) is 12.0 Å². The van der Waals surface area contributed by atoms with E-state index in [1.54, 1.807) is 13.8 Å². The van der Waals surface area contributed by atoms with E-state index in [2.05, 4.69) is 10.3 Å². The largest absolute Gasteiger partial charge is 0.478 e. The third-order valence-electron chi connectivity index (χ3n) is 2.39. The summed E-state index contributed by atoms with van der Waals surface area (Å²) in [6.07, 6.45) is 1.15. The zero-order chi connectivity index (χ0) is 13.9. The van der Waals surface area contributed by atoms with Gasteiger partial charge in [-0.15, -0.1) is 0 Å². The molecule has 98 valence electrons. The minimum atomic E-state index is -1.40. The van der Waals surface area contributed by atoms with Crippen LogP contribution in [0.2, 0.25) is 0 Å². The number of hydrogen-bond donors (Lipinski definition) is 3. The molecule has 1 rings (SSSR count). The Morgan fingerprint density at radius 3 is 2.56 bits per heavy atom. The van der Waals surface area contributed by atoms with Gasteiger partial charge in [-0.3, -0.25) is 4.79 Å². The lowest BCUT2D eigenvalue weighted by Gasteiger charge is -2.19. The van der Waals surface area contributed by atoms with Gasteiger partial charge >= 0.3 is 5.97 Å². The van der Waals surface area contributed by atoms with Gasteiger partial charge in [0.05, 0.1) is 0 Å². The summed E-state index contributed by atoms with van der Waals surface area (Å²) in [6.45, 7) is 3.45. The Bertz CT molecular complexity index is 477. The molecule has 0 aliphatic carbocycles. The number of nitrogens with one attached hydrogen (secondary N) is 1. The molecule has 6 nitrogen and oxygen atoms in total. The van der Waals surface area contributed by atoms with Gasteiger partial charge in [0.25, 0.3) is 0 Å². The average molecular weight is 255 g/mol. The third-order valence-corrected chi connectivity index (χ3v) is 2.39. The highest BCUT2D eigenvalue weighted by atomic mass is 19.1. The van der Waals surface area contributed by atoms with Crippen LogP contribution in [-0.2, 0) is 4.79 Å². The second kappa shape index (κ2) is 5.44. The Labute approximate surface area is 103 Å². The van der Waals surface area contributed by atoms with Crippen LogP contribution >= 0.6 is 0 Å². The number of carbonyl (C=O) groups excluding carboxylic acids is 1. The normalized spacial score (nSPS) is 12.2. The fourth-order valence-electron chi connectivity index (χ4n) is 1.42. The first-order chi connectivity index (χ1) is 8.34. The lowest BCUT2D eigenvalue weighted by Crippen LogP contribution is -2.40. The van der Waals surface area contributed by atoms with E-state index < -0.39 is 29.3 Å². The van der Waals surface area contributed by atoms with Crippen LogP contribution in [0.4, 0.5) is 10.2 Å². The van der Waals surface area contributed by atoms with Crippen LogP contribution in [0.15, 0.2) is 12.3 Å². The van der Waals surface area contributed by atoms with Gasteiger partial charge in [-0.1, -0.05) is 13.8 Å². The molecule has 7 heteroatoms. The van der Waals surface area contributed by atoms with Crippen LogP contribution in [0.1, 0.15) is 24.2 Å². The van der Waals surface area contributed by atoms with Crippen LogP contribution in [0.5, 0.6) is 0 Å². The van der Waals surface area contributed by atoms with Gasteiger partial charge in [0, 0.05) is 6.20 Å². The van der Waals surface area contributed by atoms with E-state index in [0.29, 0.717) is 0 Å². The van der Waals surface area contributed by atoms with Crippen LogP contribution in [-0.4, -0.2) is 28.0 Å². The summed E-state index contributed by atoms with van der Waals surface area (Å²) in [5.74, 6) is -3.56. The van der Waals surface area contributed by atoms with Gasteiger partial charge in [-0.2, -0.15) is 0 Å². The molecule has 1 aromatic rings. The molecule has 0 saturated carbocycles. The van der Waals surface area contributed by atoms with Crippen LogP contribution < -0.4 is 11.1 Å². The molecule has 1 unspecified atom stereocenters. The molecule has 1 heterocycles. The van der Waals surface area contributed by atoms with E-state index in [0.717, 1.165) is 12.3 Å². The molecule has 1 atom stereocenters. The smallest absolute Gasteiger partial charge is 0.338 e. The molecule has 1 amide bonds. The molecular weight excluding hydrogens is 241 g/mol. The molecule has 0 aromatic carbocycles. The fraction of sp³-hybridized carbons (Fsp3) is 0.364. The van der Waals surface area contributed by atoms with E-state index in [1.165, 1.54) is 0 Å². The molecule has 0 radical (unpaired) electrons. The van der Waals surface area contributed by atoms with Gasteiger partial charge in [-0.25, -0.2) is 14.2 Å². The van der Waals surface area contributed by atoms with Crippen molar-refractivity contribution in [3.05, 3.63) is 23.6 Å². The topological polar surface area (TPSA) is 105 Å². The molecular formula is C11H14FN3O3. The summed E-state index contributed by atoms with van der Waals surface area (Å²) in [5, 5.41) is 11.3. The van der Waals surface area contributed by atoms with Crippen molar-refractivity contribution < 1.29 is 19.1 Å². The highest BCUT2D eigenvalue weighted by Crippen LogP contribution is 2.17. The lowest BCUT2D eigenvalue weighted by atomic mass is 10.0. The predicted octanol–water partition coefficient (Wildman–Crippen LogP) is 0.841. The standard InChI is InChI=1S/C11H14FN3O3/c1-5(2)8(9(13)16)15-10-7(12)6(11(17)18)3-4-14-10/h3-5,8H,1-2H3,(H2,13,16)(H,14,15)(H,17,18). The fourth-order valence-corrected chi connectivity index (χ4v) is 1.42. The molecule has 4 N–H and O–H groups in total. The molecule has 0 fully saturated rings. The first-order valence-corrected chi connectivity index (χ1v) is 5.28. The highest BCUT2D eigenvalue weighted by molar-refractivity contribution is 5.89. The summed E-state index contributed by atoms with van der Waals surface area (Å²) >= 11 is 0. The number of aromatic carboxylic acids is 1. The van der Waals surface area contributed by atoms with E-state index in [4.69, 9.17) is 10.8 Å². The maximum atomic E-state index is 13.8. The third kappa shape index (κ3) is 2.93. The SMILES string of the molecule is CC(C)C(Nc1nccc(C(=O)O)c1F)C(N)=O. The first kappa shape index (κ1) is 13.9. The van der Waals surface area contributed by atoms with Crippen molar-refractivity contribution in [3.8, 4) is 0 Å². The number of nitrogens with zero attached hydrogens (tertiary/aromatic N) is 1. The molecule has 0 saturated heterocycles. The average Bonchev–Trinajstić information content (AvgIpc) is 2.26. The highest BCUT2D eigenvalue weighted by Gasteiger charge is 2.23. The van der Waals surface area contributed by atoms with Crippen molar-refractivity contribution >= 4 is 17.7 Å². The second-order valence-electron chi connectivity index (χ2n) is 4.09. The van der Waals surface area contributed by atoms with Crippen molar-refractivity contribution in [3.63, 3.8) is 0 Å². The summed E-state index contributed by atoms with van der Waals surface area (Å²) in [5.41, 5.74) is 4.65. The van der Waals surface area contributed by atoms with Crippen molar-refractivity contribution in [2.45, 2.75) is 19.9 Å². The summed E-state index contributed by atoms with van der Waals surface area (Å²) in [4.78, 5) is 25.6. The molecule has 0 spiro atoms. The van der Waals surface area contributed by atoms with Gasteiger partial charge in [0.15, 0.2) is 11.6 Å². The number of nitrogens with two attached hydrogens (primary N) is 1. The van der Waals surface area contributed by atoms with E-state index >= 15 is 0 Å². The Morgan fingerprint density at radius 1 is 1.50 bits per heavy atom. The van der Waals surface area contributed by atoms with E-state index in [-0.39, 0.29) is 11.7 Å². The lowest BCUT2D eigenvalue weighted by molar-refractivity contribution is -0.119. The van der Waals surface area contributed by atoms with Gasteiger partial charge in [0.1, 0.15) is 11.6 Å². The second-order valence-corrected chi connectivity index (χ2v) is 4.09. The van der Waals surface area contributed by atoms with Crippen molar-refractivity contribution in [2.75, 3.05) is 5.32 Å². The zero-order valence-corrected chi connectivity index (χ0v) is 9.98. The number of aromatic nitrogens is 1. The minimum Gasteiger partial charge on any atom is -0.478 e.